The molecule has 0 spiro atoms. The van der Waals surface area contributed by atoms with Gasteiger partial charge in [-0.1, -0.05) is 0 Å². The third-order valence-electron chi connectivity index (χ3n) is 2.23. The number of thioether (sulfide) groups is 1. The summed E-state index contributed by atoms with van der Waals surface area (Å²) in [7, 11) is 0. The van der Waals surface area contributed by atoms with Crippen molar-refractivity contribution in [2.75, 3.05) is 18.8 Å². The van der Waals surface area contributed by atoms with Gasteiger partial charge in [-0.2, -0.15) is 0 Å². The molecule has 1 rings (SSSR count). The van der Waals surface area contributed by atoms with E-state index in [1.807, 2.05) is 0 Å². The van der Waals surface area contributed by atoms with E-state index in [1.54, 1.807) is 0 Å². The summed E-state index contributed by atoms with van der Waals surface area (Å²) in [5, 5.41) is 11.4. The Morgan fingerprint density at radius 2 is 2.19 bits per heavy atom. The molecule has 16 heavy (non-hydrogen) atoms. The second kappa shape index (κ2) is 4.73. The maximum Gasteiger partial charge on any atom is 0.324 e. The fourth-order valence-corrected chi connectivity index (χ4v) is 1.86. The van der Waals surface area contributed by atoms with Crippen molar-refractivity contribution in [3.05, 3.63) is 0 Å². The lowest BCUT2D eigenvalue weighted by molar-refractivity contribution is -0.138. The number of carbonyl (C=O) groups is 3. The first-order valence-electron chi connectivity index (χ1n) is 4.80. The summed E-state index contributed by atoms with van der Waals surface area (Å²) >= 11 is 1.01. The molecule has 1 heterocycles. The maximum atomic E-state index is 11.6. The van der Waals surface area contributed by atoms with Crippen LogP contribution in [0.4, 0.5) is 4.79 Å². The molecule has 0 aromatic rings. The smallest absolute Gasteiger partial charge is 0.324 e. The molecule has 3 amide bonds. The van der Waals surface area contributed by atoms with Crippen LogP contribution in [0.15, 0.2) is 0 Å². The van der Waals surface area contributed by atoms with Gasteiger partial charge in [0, 0.05) is 13.1 Å². The molecule has 0 aliphatic carbocycles. The second-order valence-corrected chi connectivity index (χ2v) is 5.48. The Labute approximate surface area is 97.4 Å². The number of hydrogen-bond donors (Lipinski definition) is 2. The number of urea groups is 1. The molecule has 0 aromatic heterocycles. The van der Waals surface area contributed by atoms with Crippen molar-refractivity contribution < 1.29 is 19.5 Å². The Bertz CT molecular complexity index is 329. The molecule has 6 nitrogen and oxygen atoms in total. The molecule has 2 N–H and O–H groups in total. The third-order valence-corrected chi connectivity index (χ3v) is 3.52. The van der Waals surface area contributed by atoms with Crippen molar-refractivity contribution in [1.29, 1.82) is 0 Å². The van der Waals surface area contributed by atoms with Gasteiger partial charge in [-0.25, -0.2) is 4.79 Å². The number of carboxylic acids is 1. The van der Waals surface area contributed by atoms with Crippen LogP contribution < -0.4 is 5.32 Å². The van der Waals surface area contributed by atoms with Gasteiger partial charge in [-0.05, 0) is 13.8 Å². The van der Waals surface area contributed by atoms with Gasteiger partial charge < -0.3 is 10.4 Å². The van der Waals surface area contributed by atoms with Crippen LogP contribution in [0.5, 0.6) is 0 Å². The molecular formula is C9H14N2O4S. The van der Waals surface area contributed by atoms with Crippen LogP contribution in [0, 0.1) is 0 Å². The fourth-order valence-electron chi connectivity index (χ4n) is 1.09. The van der Waals surface area contributed by atoms with Gasteiger partial charge in [0.2, 0.25) is 5.91 Å². The number of carbonyl (C=O) groups excluding carboxylic acids is 2. The van der Waals surface area contributed by atoms with E-state index in [4.69, 9.17) is 5.11 Å². The number of rotatable bonds is 4. The van der Waals surface area contributed by atoms with Crippen molar-refractivity contribution in [3.63, 3.8) is 0 Å². The zero-order valence-corrected chi connectivity index (χ0v) is 9.97. The van der Waals surface area contributed by atoms with Crippen LogP contribution in [0.1, 0.15) is 13.8 Å². The number of amides is 3. The highest BCUT2D eigenvalue weighted by Crippen LogP contribution is 2.24. The Morgan fingerprint density at radius 1 is 1.56 bits per heavy atom. The number of carboxylic acid groups (broad SMARTS) is 1. The fraction of sp³-hybridized carbons (Fsp3) is 0.667. The molecule has 0 radical (unpaired) electrons. The van der Waals surface area contributed by atoms with Gasteiger partial charge in [0.15, 0.2) is 0 Å². The molecule has 0 saturated carbocycles. The second-order valence-electron chi connectivity index (χ2n) is 3.88. The highest BCUT2D eigenvalue weighted by Gasteiger charge is 2.31. The molecule has 1 fully saturated rings. The van der Waals surface area contributed by atoms with Gasteiger partial charge in [-0.15, -0.1) is 11.8 Å². The Morgan fingerprint density at radius 3 is 2.62 bits per heavy atom. The monoisotopic (exact) mass is 246 g/mol. The quantitative estimate of drug-likeness (QED) is 0.736. The van der Waals surface area contributed by atoms with Crippen LogP contribution in [-0.4, -0.2) is 51.5 Å². The largest absolute Gasteiger partial charge is 0.480 e. The third kappa shape index (κ3) is 2.88. The van der Waals surface area contributed by atoms with E-state index in [2.05, 4.69) is 5.32 Å². The average Bonchev–Trinajstić information content (AvgIpc) is 2.61. The standard InChI is InChI=1S/C9H14N2O4S/c1-9(2,7(13)14)16-5-6(12)11-4-3-10-8(11)15/h3-5H2,1-2H3,(H,10,15)(H,13,14). The molecule has 7 heteroatoms. The predicted octanol–water partition coefficient (Wildman–Crippen LogP) is 0.135. The molecule has 0 unspecified atom stereocenters. The Balaban J connectivity index is 2.47. The first-order chi connectivity index (χ1) is 7.34. The molecular weight excluding hydrogens is 232 g/mol. The molecule has 0 bridgehead atoms. The number of hydrogen-bond acceptors (Lipinski definition) is 4. The van der Waals surface area contributed by atoms with Crippen molar-refractivity contribution in [3.8, 4) is 0 Å². The van der Waals surface area contributed by atoms with E-state index in [9.17, 15) is 14.4 Å². The van der Waals surface area contributed by atoms with E-state index in [-0.39, 0.29) is 11.7 Å². The molecule has 0 aromatic carbocycles. The van der Waals surface area contributed by atoms with Gasteiger partial charge in [-0.3, -0.25) is 14.5 Å². The summed E-state index contributed by atoms with van der Waals surface area (Å²) in [5.41, 5.74) is 0. The van der Waals surface area contributed by atoms with E-state index < -0.39 is 16.7 Å². The summed E-state index contributed by atoms with van der Waals surface area (Å²) < 4.78 is -1.02. The van der Waals surface area contributed by atoms with E-state index in [0.29, 0.717) is 13.1 Å². The molecule has 1 saturated heterocycles. The van der Waals surface area contributed by atoms with Crippen LogP contribution in [0.3, 0.4) is 0 Å². The summed E-state index contributed by atoms with van der Waals surface area (Å²) in [6.07, 6.45) is 0. The maximum absolute atomic E-state index is 11.6. The lowest BCUT2D eigenvalue weighted by Gasteiger charge is -2.19. The average molecular weight is 246 g/mol. The first kappa shape index (κ1) is 12.8. The lowest BCUT2D eigenvalue weighted by Crippen LogP contribution is -2.37. The topological polar surface area (TPSA) is 86.7 Å². The molecule has 90 valence electrons. The molecule has 0 atom stereocenters. The van der Waals surface area contributed by atoms with Gasteiger partial charge in [0.05, 0.1) is 5.75 Å². The normalized spacial score (nSPS) is 16.1. The predicted molar refractivity (Wildman–Crippen MR) is 59.3 cm³/mol. The van der Waals surface area contributed by atoms with Crippen molar-refractivity contribution in [2.45, 2.75) is 18.6 Å². The SMILES string of the molecule is CC(C)(SCC(=O)N1CCNC1=O)C(=O)O. The number of imide groups is 1. The van der Waals surface area contributed by atoms with Crippen molar-refractivity contribution >= 4 is 29.7 Å². The number of aliphatic carboxylic acids is 1. The summed E-state index contributed by atoms with van der Waals surface area (Å²) in [4.78, 5) is 34.6. The van der Waals surface area contributed by atoms with Crippen molar-refractivity contribution in [1.82, 2.24) is 10.2 Å². The number of nitrogens with one attached hydrogen (secondary N) is 1. The molecule has 1 aliphatic rings. The van der Waals surface area contributed by atoms with E-state index >= 15 is 0 Å². The highest BCUT2D eigenvalue weighted by molar-refractivity contribution is 8.01. The molecule has 1 aliphatic heterocycles. The Hall–Kier alpha value is -1.24. The first-order valence-corrected chi connectivity index (χ1v) is 5.78. The van der Waals surface area contributed by atoms with Crippen molar-refractivity contribution in [2.24, 2.45) is 0 Å². The van der Waals surface area contributed by atoms with Crippen LogP contribution in [-0.2, 0) is 9.59 Å². The Kier molecular flexibility index (Phi) is 3.79. The van der Waals surface area contributed by atoms with Crippen LogP contribution in [0.2, 0.25) is 0 Å². The van der Waals surface area contributed by atoms with Crippen LogP contribution in [0.25, 0.3) is 0 Å². The van der Waals surface area contributed by atoms with E-state index in [0.717, 1.165) is 16.7 Å². The van der Waals surface area contributed by atoms with Gasteiger partial charge in [0.1, 0.15) is 4.75 Å². The van der Waals surface area contributed by atoms with Gasteiger partial charge >= 0.3 is 12.0 Å². The minimum Gasteiger partial charge on any atom is -0.480 e. The zero-order chi connectivity index (χ0) is 12.3. The minimum absolute atomic E-state index is 0.00722. The summed E-state index contributed by atoms with van der Waals surface area (Å²) in [5.74, 6) is -1.34. The summed E-state index contributed by atoms with van der Waals surface area (Å²) in [6, 6.07) is -0.404. The summed E-state index contributed by atoms with van der Waals surface area (Å²) in [6.45, 7) is 3.86. The minimum atomic E-state index is -1.02. The van der Waals surface area contributed by atoms with Gasteiger partial charge in [0.25, 0.3) is 0 Å². The van der Waals surface area contributed by atoms with E-state index in [1.165, 1.54) is 13.8 Å². The lowest BCUT2D eigenvalue weighted by atomic mass is 10.2. The zero-order valence-electron chi connectivity index (χ0n) is 9.15. The highest BCUT2D eigenvalue weighted by atomic mass is 32.2. The van der Waals surface area contributed by atoms with Crippen LogP contribution >= 0.6 is 11.8 Å². The number of nitrogens with zero attached hydrogens (tertiary/aromatic N) is 1.